The fraction of sp³-hybridized carbons (Fsp3) is 0.895. The van der Waals surface area contributed by atoms with Gasteiger partial charge in [-0.15, -0.1) is 0 Å². The van der Waals surface area contributed by atoms with Crippen molar-refractivity contribution in [3.63, 3.8) is 0 Å². The van der Waals surface area contributed by atoms with E-state index in [1.807, 2.05) is 0 Å². The van der Waals surface area contributed by atoms with E-state index >= 15 is 0 Å². The quantitative estimate of drug-likeness (QED) is 0.230. The third-order valence-electron chi connectivity index (χ3n) is 3.98. The minimum Gasteiger partial charge on any atom is -2.00 e. The molecule has 0 saturated heterocycles. The Morgan fingerprint density at radius 2 is 0.759 bits per heavy atom. The number of rotatable bonds is 16. The summed E-state index contributed by atoms with van der Waals surface area (Å²) >= 11 is 0. The van der Waals surface area contributed by atoms with Crippen molar-refractivity contribution in [2.45, 2.75) is 110 Å². The van der Waals surface area contributed by atoms with Crippen LogP contribution in [0.25, 0.3) is 0 Å². The second-order valence-corrected chi connectivity index (χ2v) is 6.32. The number of unbranched alkanes of at least 4 members (excludes halogenated alkanes) is 14. The minimum atomic E-state index is -2.33. The van der Waals surface area contributed by atoms with Crippen LogP contribution >= 0.6 is 0 Å². The van der Waals surface area contributed by atoms with Gasteiger partial charge in [0.1, 0.15) is 0 Å². The van der Waals surface area contributed by atoms with Crippen molar-refractivity contribution >= 4 is 87.6 Å². The zero-order valence-electron chi connectivity index (χ0n) is 18.1. The van der Waals surface area contributed by atoms with Crippen molar-refractivity contribution in [2.24, 2.45) is 0 Å². The van der Waals surface area contributed by atoms with E-state index in [-0.39, 0.29) is 115 Å². The Morgan fingerprint density at radius 3 is 0.966 bits per heavy atom. The molecule has 0 bridgehead atoms. The average molecular weight is 504 g/mol. The molecule has 10 heteroatoms. The molecule has 0 spiro atoms. The van der Waals surface area contributed by atoms with Crippen molar-refractivity contribution in [3.05, 3.63) is 0 Å². The maximum Gasteiger partial charge on any atom is 4.00 e. The van der Waals surface area contributed by atoms with Crippen LogP contribution in [0, 0.1) is 0 Å². The predicted molar refractivity (Wildman–Crippen MR) is 103 cm³/mol. The predicted octanol–water partition coefficient (Wildman–Crippen LogP) is 1.55. The van der Waals surface area contributed by atoms with Crippen LogP contribution in [0.15, 0.2) is 0 Å². The number of carboxylic acid groups (broad SMARTS) is 3. The van der Waals surface area contributed by atoms with Crippen LogP contribution in [-0.4, -0.2) is 87.6 Å². The summed E-state index contributed by atoms with van der Waals surface area (Å²) in [6, 6.07) is 0. The first-order valence-corrected chi connectivity index (χ1v) is 9.58. The van der Waals surface area contributed by atoms with Crippen LogP contribution in [0.2, 0.25) is 0 Å². The Balaban J connectivity index is -0.0000000982. The maximum atomic E-state index is 10.2. The van der Waals surface area contributed by atoms with E-state index in [1.54, 1.807) is 0 Å². The summed E-state index contributed by atoms with van der Waals surface area (Å²) in [5.41, 5.74) is 0. The molecule has 0 heterocycles. The molecule has 160 valence electrons. The number of carbonyl (C=O) groups excluding carboxylic acids is 2. The topological polar surface area (TPSA) is 160 Å². The van der Waals surface area contributed by atoms with Gasteiger partial charge in [-0.3, -0.25) is 0 Å². The molecule has 0 aliphatic carbocycles. The van der Waals surface area contributed by atoms with Crippen molar-refractivity contribution in [1.29, 1.82) is 0 Å². The van der Waals surface area contributed by atoms with E-state index in [2.05, 4.69) is 6.92 Å². The number of carbonyl (C=O) groups is 2. The molecule has 0 atom stereocenters. The van der Waals surface area contributed by atoms with E-state index in [0.29, 0.717) is 0 Å². The summed E-state index contributed by atoms with van der Waals surface area (Å²) in [7, 11) is 0. The van der Waals surface area contributed by atoms with Gasteiger partial charge in [0.25, 0.3) is 0 Å². The summed E-state index contributed by atoms with van der Waals surface area (Å²) in [4.78, 5) is 18.6. The number of carboxylic acids is 1. The van der Waals surface area contributed by atoms with Gasteiger partial charge in [-0.2, -0.15) is 0 Å². The Labute approximate surface area is 251 Å². The Bertz CT molecular complexity index is 296. The van der Waals surface area contributed by atoms with E-state index in [0.717, 1.165) is 12.8 Å². The first-order chi connectivity index (χ1) is 11.5. The summed E-state index contributed by atoms with van der Waals surface area (Å²) in [6.45, 7) is 2.27. The van der Waals surface area contributed by atoms with E-state index < -0.39 is 12.1 Å². The molecule has 0 amide bonds. The van der Waals surface area contributed by atoms with Gasteiger partial charge in [-0.05, 0) is 19.0 Å². The van der Waals surface area contributed by atoms with Crippen molar-refractivity contribution < 1.29 is 57.6 Å². The Morgan fingerprint density at radius 1 is 0.552 bits per heavy atom. The van der Waals surface area contributed by atoms with Crippen LogP contribution in [0.1, 0.15) is 110 Å². The van der Waals surface area contributed by atoms with Crippen molar-refractivity contribution in [2.75, 3.05) is 0 Å². The monoisotopic (exact) mass is 503 g/mol. The molecule has 0 aromatic carbocycles. The third kappa shape index (κ3) is 65.2. The smallest absolute Gasteiger partial charge is 2.00 e. The molecule has 0 aromatic heterocycles. The number of aliphatic carboxylic acids is 1. The Hall–Kier alpha value is 1.89. The SMILES string of the molecule is CCCCCCCCCCCCCCCCCC(=O)[O-].O=C([O-])[O-].[Ca+2].[Ca+2].[O-2].[O-2].[Ti+4]. The van der Waals surface area contributed by atoms with Crippen LogP contribution in [-0.2, 0) is 37.5 Å². The molecule has 0 aromatic rings. The van der Waals surface area contributed by atoms with E-state index in [9.17, 15) is 9.90 Å². The average Bonchev–Trinajstić information content (AvgIpc) is 2.50. The second kappa shape index (κ2) is 43.7. The molecule has 7 nitrogen and oxygen atoms in total. The van der Waals surface area contributed by atoms with Crippen molar-refractivity contribution in [1.82, 2.24) is 0 Å². The third-order valence-corrected chi connectivity index (χ3v) is 3.98. The summed E-state index contributed by atoms with van der Waals surface area (Å²) in [6.07, 6.45) is 17.5. The second-order valence-electron chi connectivity index (χ2n) is 6.32. The summed E-state index contributed by atoms with van der Waals surface area (Å²) in [5, 5.41) is 26.9. The molecular weight excluding hydrogens is 468 g/mol. The van der Waals surface area contributed by atoms with Gasteiger partial charge in [0, 0.05) is 5.97 Å². The van der Waals surface area contributed by atoms with E-state index in [4.69, 9.17) is 15.0 Å². The molecular formula is C19H35Ca2O7Ti+. The van der Waals surface area contributed by atoms with Gasteiger partial charge >= 0.3 is 97.2 Å². The maximum absolute atomic E-state index is 10.2. The van der Waals surface area contributed by atoms with E-state index in [1.165, 1.54) is 83.5 Å². The molecule has 0 aliphatic rings. The minimum absolute atomic E-state index is 0. The number of hydrogen-bond donors (Lipinski definition) is 0. The normalized spacial score (nSPS) is 8.31. The molecule has 0 aliphatic heterocycles. The first kappa shape index (κ1) is 48.4. The molecule has 29 heavy (non-hydrogen) atoms. The van der Waals surface area contributed by atoms with Gasteiger partial charge < -0.3 is 35.9 Å². The number of hydrogen-bond acceptors (Lipinski definition) is 5. The van der Waals surface area contributed by atoms with Crippen molar-refractivity contribution in [3.8, 4) is 0 Å². The standard InChI is InChI=1S/C18H36O2.CH2O3.2Ca.2O.Ti/c1-2-3-4-5-6-7-8-9-10-11-12-13-14-15-16-17-18(19)20;2-1(3)4;;;;;/h2-17H2,1H3,(H,19,20);(H2,2,3,4);;;;;/q;;2*+2;2*-2;+4/p-3. The van der Waals surface area contributed by atoms with Crippen LogP contribution in [0.4, 0.5) is 4.79 Å². The van der Waals surface area contributed by atoms with Crippen LogP contribution in [0.3, 0.4) is 0 Å². The van der Waals surface area contributed by atoms with Gasteiger partial charge in [0.15, 0.2) is 0 Å². The fourth-order valence-electron chi connectivity index (χ4n) is 2.64. The van der Waals surface area contributed by atoms with Gasteiger partial charge in [-0.25, -0.2) is 0 Å². The molecule has 0 rings (SSSR count). The largest absolute Gasteiger partial charge is 4.00 e. The van der Waals surface area contributed by atoms with Crippen LogP contribution < -0.4 is 15.3 Å². The first-order valence-electron chi connectivity index (χ1n) is 9.58. The molecule has 0 N–H and O–H groups in total. The van der Waals surface area contributed by atoms with Gasteiger partial charge in [0.2, 0.25) is 0 Å². The van der Waals surface area contributed by atoms with Gasteiger partial charge in [0.05, 0.1) is 0 Å². The zero-order valence-corrected chi connectivity index (χ0v) is 24.1. The molecule has 0 unspecified atom stereocenters. The zero-order chi connectivity index (χ0) is 18.5. The molecule has 0 radical (unpaired) electrons. The van der Waals surface area contributed by atoms with Crippen LogP contribution in [0.5, 0.6) is 0 Å². The fourth-order valence-corrected chi connectivity index (χ4v) is 2.64. The Kier molecular flexibility index (Phi) is 72.9. The summed E-state index contributed by atoms with van der Waals surface area (Å²) < 4.78 is 0. The van der Waals surface area contributed by atoms with Gasteiger partial charge in [-0.1, -0.05) is 96.8 Å². The molecule has 0 fully saturated rings. The summed E-state index contributed by atoms with van der Waals surface area (Å²) in [5.74, 6) is -0.903. The molecule has 0 saturated carbocycles.